The topological polar surface area (TPSA) is 82.5 Å². The summed E-state index contributed by atoms with van der Waals surface area (Å²) in [5, 5.41) is 15.4. The SMILES string of the molecule is C[C@@H](NCC1CN(C(=O)c2ccc(C(=O)O)cn2)CCC1c1ccccc1)c1cccc2ccccc12. The summed E-state index contributed by atoms with van der Waals surface area (Å²) in [6.45, 7) is 4.20. The maximum atomic E-state index is 13.3. The molecular formula is C31H31N3O3. The van der Waals surface area contributed by atoms with Crippen molar-refractivity contribution in [3.8, 4) is 0 Å². The lowest BCUT2D eigenvalue weighted by Gasteiger charge is -2.39. The van der Waals surface area contributed by atoms with Gasteiger partial charge in [0.1, 0.15) is 5.69 Å². The zero-order chi connectivity index (χ0) is 25.8. The Kier molecular flexibility index (Phi) is 7.28. The number of rotatable bonds is 7. The lowest BCUT2D eigenvalue weighted by molar-refractivity contribution is 0.0636. The molecule has 1 aliphatic rings. The Balaban J connectivity index is 1.34. The number of likely N-dealkylation sites (tertiary alicyclic amines) is 1. The monoisotopic (exact) mass is 493 g/mol. The van der Waals surface area contributed by atoms with Crippen molar-refractivity contribution in [1.82, 2.24) is 15.2 Å². The molecule has 188 valence electrons. The molecule has 6 nitrogen and oxygen atoms in total. The van der Waals surface area contributed by atoms with Crippen LogP contribution in [0.5, 0.6) is 0 Å². The number of fused-ring (bicyclic) bond motifs is 1. The maximum absolute atomic E-state index is 13.3. The van der Waals surface area contributed by atoms with Gasteiger partial charge in [-0.3, -0.25) is 9.78 Å². The number of piperidine rings is 1. The zero-order valence-electron chi connectivity index (χ0n) is 20.9. The summed E-state index contributed by atoms with van der Waals surface area (Å²) >= 11 is 0. The van der Waals surface area contributed by atoms with Gasteiger partial charge in [0.2, 0.25) is 0 Å². The van der Waals surface area contributed by atoms with E-state index in [1.807, 2.05) is 11.0 Å². The molecule has 2 heterocycles. The standard InChI is InChI=1S/C31H31N3O3/c1-21(26-13-7-11-23-10-5-6-12-28(23)26)32-19-25-20-34(17-16-27(25)22-8-3-2-4-9-22)30(35)29-15-14-24(18-33-29)31(36)37/h2-15,18,21,25,27,32H,16-17,19-20H2,1H3,(H,36,37)/t21-,25?,27?/m1/s1. The summed E-state index contributed by atoms with van der Waals surface area (Å²) in [5.74, 6) is -0.659. The van der Waals surface area contributed by atoms with Gasteiger partial charge in [-0.05, 0) is 59.2 Å². The first-order valence-corrected chi connectivity index (χ1v) is 12.8. The highest BCUT2D eigenvalue weighted by Crippen LogP contribution is 2.34. The molecule has 3 aromatic carbocycles. The summed E-state index contributed by atoms with van der Waals surface area (Å²) in [7, 11) is 0. The minimum atomic E-state index is -1.05. The molecule has 1 amide bonds. The molecule has 0 radical (unpaired) electrons. The lowest BCUT2D eigenvalue weighted by Crippen LogP contribution is -2.46. The van der Waals surface area contributed by atoms with Crippen LogP contribution in [0.15, 0.2) is 91.1 Å². The number of hydrogen-bond donors (Lipinski definition) is 2. The molecule has 1 saturated heterocycles. The van der Waals surface area contributed by atoms with Crippen LogP contribution < -0.4 is 5.32 Å². The quantitative estimate of drug-likeness (QED) is 0.354. The van der Waals surface area contributed by atoms with E-state index in [4.69, 9.17) is 5.11 Å². The fraction of sp³-hybridized carbons (Fsp3) is 0.258. The number of aromatic nitrogens is 1. The molecule has 2 unspecified atom stereocenters. The average Bonchev–Trinajstić information content (AvgIpc) is 2.95. The van der Waals surface area contributed by atoms with E-state index in [-0.39, 0.29) is 29.1 Å². The normalized spacial score (nSPS) is 18.5. The van der Waals surface area contributed by atoms with Gasteiger partial charge in [0.15, 0.2) is 0 Å². The Labute approximate surface area is 217 Å². The van der Waals surface area contributed by atoms with Crippen molar-refractivity contribution in [2.24, 2.45) is 5.92 Å². The Hall–Kier alpha value is -4.03. The molecule has 0 spiro atoms. The number of carboxylic acids is 1. The minimum Gasteiger partial charge on any atom is -0.478 e. The molecule has 0 bridgehead atoms. The number of carbonyl (C=O) groups is 2. The summed E-state index contributed by atoms with van der Waals surface area (Å²) in [6, 6.07) is 28.5. The van der Waals surface area contributed by atoms with Crippen LogP contribution in [0.25, 0.3) is 10.8 Å². The molecule has 2 N–H and O–H groups in total. The van der Waals surface area contributed by atoms with Gasteiger partial charge in [0.25, 0.3) is 5.91 Å². The summed E-state index contributed by atoms with van der Waals surface area (Å²) in [6.07, 6.45) is 2.11. The van der Waals surface area contributed by atoms with Crippen molar-refractivity contribution in [2.75, 3.05) is 19.6 Å². The van der Waals surface area contributed by atoms with Crippen LogP contribution in [0.3, 0.4) is 0 Å². The van der Waals surface area contributed by atoms with Crippen molar-refractivity contribution in [3.63, 3.8) is 0 Å². The van der Waals surface area contributed by atoms with E-state index in [1.54, 1.807) is 0 Å². The minimum absolute atomic E-state index is 0.0730. The molecule has 3 atom stereocenters. The predicted molar refractivity (Wildman–Crippen MR) is 145 cm³/mol. The van der Waals surface area contributed by atoms with Gasteiger partial charge in [-0.15, -0.1) is 0 Å². The van der Waals surface area contributed by atoms with E-state index in [1.165, 1.54) is 40.2 Å². The largest absolute Gasteiger partial charge is 0.478 e. The third-order valence-corrected chi connectivity index (χ3v) is 7.45. The molecular weight excluding hydrogens is 462 g/mol. The number of nitrogens with zero attached hydrogens (tertiary/aromatic N) is 2. The van der Waals surface area contributed by atoms with Gasteiger partial charge >= 0.3 is 5.97 Å². The number of amides is 1. The summed E-state index contributed by atoms with van der Waals surface area (Å²) in [4.78, 5) is 30.4. The van der Waals surface area contributed by atoms with Crippen LogP contribution in [0.1, 0.15) is 57.3 Å². The van der Waals surface area contributed by atoms with Crippen molar-refractivity contribution < 1.29 is 14.7 Å². The average molecular weight is 494 g/mol. The Bertz CT molecular complexity index is 1380. The van der Waals surface area contributed by atoms with Crippen LogP contribution in [-0.2, 0) is 0 Å². The predicted octanol–water partition coefficient (Wildman–Crippen LogP) is 5.53. The van der Waals surface area contributed by atoms with Crippen molar-refractivity contribution in [1.29, 1.82) is 0 Å². The van der Waals surface area contributed by atoms with Gasteiger partial charge in [0.05, 0.1) is 5.56 Å². The Morgan fingerprint density at radius 3 is 2.51 bits per heavy atom. The van der Waals surface area contributed by atoms with Gasteiger partial charge in [0, 0.05) is 31.9 Å². The van der Waals surface area contributed by atoms with Crippen LogP contribution >= 0.6 is 0 Å². The highest BCUT2D eigenvalue weighted by atomic mass is 16.4. The van der Waals surface area contributed by atoms with E-state index < -0.39 is 5.97 Å². The lowest BCUT2D eigenvalue weighted by atomic mass is 9.80. The number of carboxylic acid groups (broad SMARTS) is 1. The molecule has 1 aromatic heterocycles. The summed E-state index contributed by atoms with van der Waals surface area (Å²) in [5.41, 5.74) is 2.91. The fourth-order valence-electron chi connectivity index (χ4n) is 5.44. The second-order valence-electron chi connectivity index (χ2n) is 9.75. The molecule has 5 rings (SSSR count). The smallest absolute Gasteiger partial charge is 0.337 e. The second-order valence-corrected chi connectivity index (χ2v) is 9.75. The van der Waals surface area contributed by atoms with Crippen molar-refractivity contribution >= 4 is 22.6 Å². The van der Waals surface area contributed by atoms with E-state index in [0.29, 0.717) is 19.0 Å². The highest BCUT2D eigenvalue weighted by molar-refractivity contribution is 5.94. The first-order valence-electron chi connectivity index (χ1n) is 12.8. The van der Waals surface area contributed by atoms with Gasteiger partial charge < -0.3 is 15.3 Å². The maximum Gasteiger partial charge on any atom is 0.337 e. The first kappa shape index (κ1) is 24.7. The van der Waals surface area contributed by atoms with Gasteiger partial charge in [-0.2, -0.15) is 0 Å². The molecule has 37 heavy (non-hydrogen) atoms. The van der Waals surface area contributed by atoms with Gasteiger partial charge in [-0.25, -0.2) is 4.79 Å². The van der Waals surface area contributed by atoms with Gasteiger partial charge in [-0.1, -0.05) is 72.8 Å². The summed E-state index contributed by atoms with van der Waals surface area (Å²) < 4.78 is 0. The number of pyridine rings is 1. The number of nitrogens with one attached hydrogen (secondary N) is 1. The molecule has 1 fully saturated rings. The van der Waals surface area contributed by atoms with Crippen molar-refractivity contribution in [3.05, 3.63) is 114 Å². The Morgan fingerprint density at radius 1 is 1.00 bits per heavy atom. The number of hydrogen-bond acceptors (Lipinski definition) is 4. The van der Waals surface area contributed by atoms with Crippen LogP contribution in [0, 0.1) is 5.92 Å². The molecule has 1 aliphatic heterocycles. The van der Waals surface area contributed by atoms with Crippen LogP contribution in [0.4, 0.5) is 0 Å². The first-order chi connectivity index (χ1) is 18.0. The second kappa shape index (κ2) is 10.9. The van der Waals surface area contributed by atoms with E-state index in [0.717, 1.165) is 13.0 Å². The third kappa shape index (κ3) is 5.39. The highest BCUT2D eigenvalue weighted by Gasteiger charge is 2.33. The zero-order valence-corrected chi connectivity index (χ0v) is 20.9. The van der Waals surface area contributed by atoms with Crippen molar-refractivity contribution in [2.45, 2.75) is 25.3 Å². The Morgan fingerprint density at radius 2 is 1.76 bits per heavy atom. The number of carbonyl (C=O) groups excluding carboxylic acids is 1. The number of aromatic carboxylic acids is 1. The molecule has 0 aliphatic carbocycles. The van der Waals surface area contributed by atoms with E-state index in [2.05, 4.69) is 84.0 Å². The third-order valence-electron chi connectivity index (χ3n) is 7.45. The van der Waals surface area contributed by atoms with E-state index >= 15 is 0 Å². The molecule has 6 heteroatoms. The van der Waals surface area contributed by atoms with Crippen LogP contribution in [0.2, 0.25) is 0 Å². The number of benzene rings is 3. The van der Waals surface area contributed by atoms with E-state index in [9.17, 15) is 9.59 Å². The van der Waals surface area contributed by atoms with Crippen LogP contribution in [-0.4, -0.2) is 46.5 Å². The molecule has 0 saturated carbocycles. The fourth-order valence-corrected chi connectivity index (χ4v) is 5.44. The molecule has 4 aromatic rings.